The number of hydrogen-bond donors (Lipinski definition) is 1. The van der Waals surface area contributed by atoms with Crippen LogP contribution in [0, 0.1) is 25.2 Å². The number of aromatic nitrogens is 1. The van der Waals surface area contributed by atoms with E-state index in [1.165, 1.54) is 4.88 Å². The molecule has 1 aliphatic rings. The van der Waals surface area contributed by atoms with Crippen molar-refractivity contribution in [2.45, 2.75) is 53.9 Å². The van der Waals surface area contributed by atoms with Gasteiger partial charge in [0.05, 0.1) is 15.6 Å². The molecule has 1 aliphatic carbocycles. The number of thiophene rings is 1. The van der Waals surface area contributed by atoms with Gasteiger partial charge in [-0.3, -0.25) is 4.79 Å². The lowest BCUT2D eigenvalue weighted by Crippen LogP contribution is -2.27. The minimum atomic E-state index is -0.0960. The van der Waals surface area contributed by atoms with Crippen LogP contribution in [0.5, 0.6) is 0 Å². The second-order valence-electron chi connectivity index (χ2n) is 11.3. The summed E-state index contributed by atoms with van der Waals surface area (Å²) in [5.41, 5.74) is 6.91. The first kappa shape index (κ1) is 27.7. The molecule has 0 saturated heterocycles. The number of benzene rings is 2. The van der Waals surface area contributed by atoms with E-state index in [0.29, 0.717) is 21.5 Å². The molecule has 0 radical (unpaired) electrons. The number of fused-ring (bicyclic) bond motifs is 1. The number of halogens is 2. The lowest BCUT2D eigenvalue weighted by Gasteiger charge is -2.33. The molecule has 7 heteroatoms. The largest absolute Gasteiger partial charge is 0.322 e. The van der Waals surface area contributed by atoms with Crippen LogP contribution in [0.3, 0.4) is 0 Å². The zero-order valence-corrected chi connectivity index (χ0v) is 25.3. The van der Waals surface area contributed by atoms with Gasteiger partial charge >= 0.3 is 0 Å². The van der Waals surface area contributed by atoms with E-state index in [2.05, 4.69) is 50.6 Å². The molecule has 0 bridgehead atoms. The van der Waals surface area contributed by atoms with E-state index >= 15 is 0 Å². The third kappa shape index (κ3) is 5.72. The fourth-order valence-electron chi connectivity index (χ4n) is 5.42. The third-order valence-corrected chi connectivity index (χ3v) is 9.58. The molecule has 2 aromatic heterocycles. The van der Waals surface area contributed by atoms with E-state index in [-0.39, 0.29) is 11.3 Å². The summed E-state index contributed by atoms with van der Waals surface area (Å²) in [7, 11) is 0. The molecule has 0 fully saturated rings. The highest BCUT2D eigenvalue weighted by molar-refractivity contribution is 7.16. The maximum atomic E-state index is 13.6. The summed E-state index contributed by atoms with van der Waals surface area (Å²) in [6, 6.07) is 17.4. The van der Waals surface area contributed by atoms with Gasteiger partial charge in [-0.2, -0.15) is 0 Å². The lowest BCUT2D eigenvalue weighted by atomic mass is 9.72. The number of para-hydroxylation sites is 1. The molecule has 2 aromatic carbocycles. The van der Waals surface area contributed by atoms with Gasteiger partial charge in [-0.15, -0.1) is 11.3 Å². The Hall–Kier alpha value is -2.86. The highest BCUT2D eigenvalue weighted by Crippen LogP contribution is 2.45. The van der Waals surface area contributed by atoms with E-state index in [9.17, 15) is 4.79 Å². The molecule has 0 unspecified atom stereocenters. The second-order valence-corrected chi connectivity index (χ2v) is 13.2. The zero-order chi connectivity index (χ0) is 27.9. The first-order valence-electron chi connectivity index (χ1n) is 13.2. The summed E-state index contributed by atoms with van der Waals surface area (Å²) in [6.07, 6.45) is 4.84. The maximum Gasteiger partial charge on any atom is 0.259 e. The Morgan fingerprint density at radius 2 is 1.82 bits per heavy atom. The molecule has 0 aliphatic heterocycles. The molecule has 0 saturated carbocycles. The van der Waals surface area contributed by atoms with Gasteiger partial charge in [-0.25, -0.2) is 4.99 Å². The molecule has 4 aromatic rings. The van der Waals surface area contributed by atoms with Crippen LogP contribution < -0.4 is 5.32 Å². The number of hydrogen-bond acceptors (Lipinski definition) is 3. The van der Waals surface area contributed by atoms with Gasteiger partial charge in [0, 0.05) is 39.4 Å². The van der Waals surface area contributed by atoms with Crippen LogP contribution in [0.4, 0.5) is 10.7 Å². The number of rotatable bonds is 5. The average Bonchev–Trinajstić information content (AvgIpc) is 3.40. The smallest absolute Gasteiger partial charge is 0.259 e. The van der Waals surface area contributed by atoms with Crippen LogP contribution in [0.1, 0.15) is 64.9 Å². The normalized spacial score (nSPS) is 15.5. The minimum absolute atomic E-state index is 0.0960. The summed E-state index contributed by atoms with van der Waals surface area (Å²) < 4.78 is 2.14. The fourth-order valence-corrected chi connectivity index (χ4v) is 6.98. The summed E-state index contributed by atoms with van der Waals surface area (Å²) in [6.45, 7) is 11.0. The quantitative estimate of drug-likeness (QED) is 0.236. The van der Waals surface area contributed by atoms with Gasteiger partial charge in [0.15, 0.2) is 0 Å². The van der Waals surface area contributed by atoms with Crippen molar-refractivity contribution in [1.29, 1.82) is 0 Å². The summed E-state index contributed by atoms with van der Waals surface area (Å²) in [5.74, 6) is 0.483. The highest BCUT2D eigenvalue weighted by Gasteiger charge is 2.33. The molecule has 5 rings (SSSR count). The standard InChI is InChI=1S/C32H33Cl2N3OS/c1-19-15-21(20(2)37(19)24-12-14-26(33)27(34)17-24)18-35-31-29(30(38)36-23-9-7-6-8-10-23)25-13-11-22(32(3,4)5)16-28(25)39-31/h6-10,12,14-15,17-18,22H,11,13,16H2,1-5H3,(H,36,38)/t22-/m0/s1. The zero-order valence-electron chi connectivity index (χ0n) is 22.9. The van der Waals surface area contributed by atoms with Gasteiger partial charge in [0.25, 0.3) is 5.91 Å². The fraction of sp³-hybridized carbons (Fsp3) is 0.312. The summed E-state index contributed by atoms with van der Waals surface area (Å²) in [5, 5.41) is 4.91. The Morgan fingerprint density at radius 3 is 2.51 bits per heavy atom. The monoisotopic (exact) mass is 577 g/mol. The third-order valence-electron chi connectivity index (χ3n) is 7.68. The Bertz CT molecular complexity index is 1560. The van der Waals surface area contributed by atoms with Crippen LogP contribution in [-0.4, -0.2) is 16.7 Å². The Balaban J connectivity index is 1.52. The number of carbonyl (C=O) groups is 1. The van der Waals surface area contributed by atoms with E-state index < -0.39 is 0 Å². The van der Waals surface area contributed by atoms with Crippen molar-refractivity contribution in [2.75, 3.05) is 5.32 Å². The topological polar surface area (TPSA) is 46.4 Å². The van der Waals surface area contributed by atoms with Gasteiger partial charge in [-0.05, 0) is 86.4 Å². The molecule has 2 heterocycles. The highest BCUT2D eigenvalue weighted by atomic mass is 35.5. The molecule has 1 atom stereocenters. The van der Waals surface area contributed by atoms with E-state index in [1.54, 1.807) is 11.3 Å². The minimum Gasteiger partial charge on any atom is -0.322 e. The van der Waals surface area contributed by atoms with Crippen molar-refractivity contribution < 1.29 is 4.79 Å². The number of aliphatic imine (C=N–C) groups is 1. The Morgan fingerprint density at radius 1 is 1.08 bits per heavy atom. The average molecular weight is 579 g/mol. The van der Waals surface area contributed by atoms with Gasteiger partial charge in [0.2, 0.25) is 0 Å². The van der Waals surface area contributed by atoms with E-state index in [4.69, 9.17) is 28.2 Å². The lowest BCUT2D eigenvalue weighted by molar-refractivity contribution is 0.102. The van der Waals surface area contributed by atoms with Gasteiger partial charge in [-0.1, -0.05) is 62.2 Å². The van der Waals surface area contributed by atoms with Gasteiger partial charge < -0.3 is 9.88 Å². The summed E-state index contributed by atoms with van der Waals surface area (Å²) in [4.78, 5) is 19.9. The maximum absolute atomic E-state index is 13.6. The van der Waals surface area contributed by atoms with E-state index in [1.807, 2.05) is 54.7 Å². The van der Waals surface area contributed by atoms with Crippen LogP contribution in [-0.2, 0) is 12.8 Å². The Kier molecular flexibility index (Phi) is 7.78. The predicted molar refractivity (Wildman–Crippen MR) is 166 cm³/mol. The van der Waals surface area contributed by atoms with Crippen molar-refractivity contribution in [3.05, 3.63) is 97.6 Å². The number of carbonyl (C=O) groups excluding carboxylic acids is 1. The number of nitrogens with one attached hydrogen (secondary N) is 1. The first-order valence-corrected chi connectivity index (χ1v) is 14.8. The molecular formula is C32H33Cl2N3OS. The number of anilines is 1. The van der Waals surface area contributed by atoms with Crippen molar-refractivity contribution in [2.24, 2.45) is 16.3 Å². The molecular weight excluding hydrogens is 545 g/mol. The molecule has 1 amide bonds. The second kappa shape index (κ2) is 11.0. The van der Waals surface area contributed by atoms with Gasteiger partial charge in [0.1, 0.15) is 5.00 Å². The number of amides is 1. The molecule has 202 valence electrons. The van der Waals surface area contributed by atoms with E-state index in [0.717, 1.165) is 58.2 Å². The Labute approximate surface area is 244 Å². The van der Waals surface area contributed by atoms with Crippen LogP contribution in [0.2, 0.25) is 10.0 Å². The first-order chi connectivity index (χ1) is 18.5. The van der Waals surface area contributed by atoms with Crippen molar-refractivity contribution in [1.82, 2.24) is 4.57 Å². The van der Waals surface area contributed by atoms with Crippen molar-refractivity contribution >= 4 is 57.3 Å². The van der Waals surface area contributed by atoms with Crippen LogP contribution in [0.15, 0.2) is 59.6 Å². The predicted octanol–water partition coefficient (Wildman–Crippen LogP) is 9.62. The molecule has 0 spiro atoms. The van der Waals surface area contributed by atoms with Crippen molar-refractivity contribution in [3.8, 4) is 5.69 Å². The molecule has 4 nitrogen and oxygen atoms in total. The molecule has 1 N–H and O–H groups in total. The summed E-state index contributed by atoms with van der Waals surface area (Å²) >= 11 is 14.1. The van der Waals surface area contributed by atoms with Crippen LogP contribution >= 0.6 is 34.5 Å². The van der Waals surface area contributed by atoms with Crippen molar-refractivity contribution in [3.63, 3.8) is 0 Å². The molecule has 39 heavy (non-hydrogen) atoms. The number of aryl methyl sites for hydroxylation is 1. The van der Waals surface area contributed by atoms with Crippen LogP contribution in [0.25, 0.3) is 5.69 Å². The number of nitrogens with zero attached hydrogens (tertiary/aromatic N) is 2. The SMILES string of the molecule is Cc1cc(C=Nc2sc3c(c2C(=O)Nc2ccccc2)CC[C@H](C(C)(C)C)C3)c(C)n1-c1ccc(Cl)c(Cl)c1.